The van der Waals surface area contributed by atoms with E-state index in [4.69, 9.17) is 34.0 Å². The normalized spacial score (nSPS) is 17.8. The van der Waals surface area contributed by atoms with Crippen LogP contribution in [0.25, 0.3) is 0 Å². The number of rotatable bonds is 4. The molecular weight excluding hydrogens is 387 g/mol. The molecule has 0 saturated carbocycles. The highest BCUT2D eigenvalue weighted by atomic mass is 35.5. The van der Waals surface area contributed by atoms with E-state index in [1.165, 1.54) is 0 Å². The molecule has 1 amide bonds. The molecule has 5 nitrogen and oxygen atoms in total. The fraction of sp³-hybridized carbons (Fsp3) is 0.300. The number of amides is 1. The summed E-state index contributed by atoms with van der Waals surface area (Å²) < 4.78 is 0. The van der Waals surface area contributed by atoms with Crippen LogP contribution in [0.3, 0.4) is 0 Å². The molecule has 1 aliphatic heterocycles. The van der Waals surface area contributed by atoms with E-state index >= 15 is 0 Å². The molecule has 0 bridgehead atoms. The van der Waals surface area contributed by atoms with E-state index in [9.17, 15) is 9.59 Å². The van der Waals surface area contributed by atoms with Crippen molar-refractivity contribution in [1.82, 2.24) is 0 Å². The molecule has 0 radical (unpaired) electrons. The number of anilines is 1. The van der Waals surface area contributed by atoms with Crippen LogP contribution >= 0.6 is 23.2 Å². The number of carboxylic acids is 1. The summed E-state index contributed by atoms with van der Waals surface area (Å²) in [5, 5.41) is 12.1. The zero-order chi connectivity index (χ0) is 20.2. The lowest BCUT2D eigenvalue weighted by Gasteiger charge is -2.22. The Morgan fingerprint density at radius 2 is 1.85 bits per heavy atom. The number of carbonyl (C=O) groups excluding carboxylic acids is 1. The summed E-state index contributed by atoms with van der Waals surface area (Å²) in [5.41, 5.74) is 7.60. The van der Waals surface area contributed by atoms with E-state index < -0.39 is 11.5 Å². The van der Waals surface area contributed by atoms with Gasteiger partial charge in [0.05, 0.1) is 0 Å². The molecule has 0 aliphatic carbocycles. The molecule has 2 aromatic rings. The number of halogens is 2. The van der Waals surface area contributed by atoms with E-state index in [0.717, 1.165) is 11.1 Å². The van der Waals surface area contributed by atoms with E-state index in [0.29, 0.717) is 22.2 Å². The maximum absolute atomic E-state index is 12.2. The molecule has 2 aromatic carbocycles. The van der Waals surface area contributed by atoms with Gasteiger partial charge in [0.25, 0.3) is 0 Å². The molecule has 0 aromatic heterocycles. The number of aliphatic carboxylic acids is 1. The maximum atomic E-state index is 12.2. The Labute approximate surface area is 168 Å². The molecule has 3 rings (SSSR count). The lowest BCUT2D eigenvalue weighted by molar-refractivity contribution is -0.137. The lowest BCUT2D eigenvalue weighted by Crippen LogP contribution is -2.45. The number of carbonyl (C=O) groups is 2. The van der Waals surface area contributed by atoms with Gasteiger partial charge < -0.3 is 16.2 Å². The first-order valence-electron chi connectivity index (χ1n) is 8.48. The molecule has 1 unspecified atom stereocenters. The van der Waals surface area contributed by atoms with E-state index in [2.05, 4.69) is 5.32 Å². The molecule has 7 heteroatoms. The molecule has 27 heavy (non-hydrogen) atoms. The number of hydrogen-bond acceptors (Lipinski definition) is 3. The van der Waals surface area contributed by atoms with E-state index in [1.807, 2.05) is 32.0 Å². The van der Waals surface area contributed by atoms with Gasteiger partial charge in [0, 0.05) is 34.1 Å². The summed E-state index contributed by atoms with van der Waals surface area (Å²) in [6, 6.07) is 12.6. The summed E-state index contributed by atoms with van der Waals surface area (Å²) in [6.07, 6.45) is 0.661. The molecule has 1 heterocycles. The van der Waals surface area contributed by atoms with Gasteiger partial charge in [-0.05, 0) is 35.7 Å². The zero-order valence-electron chi connectivity index (χ0n) is 15.1. The highest BCUT2D eigenvalue weighted by Gasteiger charge is 2.43. The van der Waals surface area contributed by atoms with Crippen LogP contribution in [-0.2, 0) is 21.5 Å². The van der Waals surface area contributed by atoms with Crippen LogP contribution in [0.2, 0.25) is 10.0 Å². The number of nitrogens with two attached hydrogens (primary N) is 1. The van der Waals surface area contributed by atoms with Crippen molar-refractivity contribution >= 4 is 40.8 Å². The van der Waals surface area contributed by atoms with Crippen molar-refractivity contribution in [3.63, 3.8) is 0 Å². The quantitative estimate of drug-likeness (QED) is 0.695. The fourth-order valence-electron chi connectivity index (χ4n) is 2.86. The maximum Gasteiger partial charge on any atom is 0.303 e. The van der Waals surface area contributed by atoms with Crippen LogP contribution in [0.15, 0.2) is 42.5 Å². The van der Waals surface area contributed by atoms with Gasteiger partial charge >= 0.3 is 5.97 Å². The van der Waals surface area contributed by atoms with Gasteiger partial charge in [-0.2, -0.15) is 0 Å². The van der Waals surface area contributed by atoms with Crippen molar-refractivity contribution in [2.45, 2.75) is 32.2 Å². The summed E-state index contributed by atoms with van der Waals surface area (Å²) in [4.78, 5) is 22.1. The van der Waals surface area contributed by atoms with Crippen LogP contribution in [0, 0.1) is 5.92 Å². The number of hydrogen-bond donors (Lipinski definition) is 3. The Morgan fingerprint density at radius 1 is 1.19 bits per heavy atom. The van der Waals surface area contributed by atoms with Gasteiger partial charge in [-0.3, -0.25) is 9.59 Å². The summed E-state index contributed by atoms with van der Waals surface area (Å²) >= 11 is 11.9. The first kappa shape index (κ1) is 21.2. The van der Waals surface area contributed by atoms with Crippen molar-refractivity contribution < 1.29 is 14.7 Å². The third-order valence-corrected chi connectivity index (χ3v) is 4.54. The molecular formula is C20H22Cl2N2O3. The highest BCUT2D eigenvalue weighted by molar-refractivity contribution is 6.31. The predicted molar refractivity (Wildman–Crippen MR) is 108 cm³/mol. The van der Waals surface area contributed by atoms with Gasteiger partial charge in [0.2, 0.25) is 5.91 Å². The Kier molecular flexibility index (Phi) is 6.87. The number of carboxylic acid groups (broad SMARTS) is 1. The van der Waals surface area contributed by atoms with Gasteiger partial charge in [-0.25, -0.2) is 0 Å². The molecule has 0 fully saturated rings. The van der Waals surface area contributed by atoms with Crippen LogP contribution in [0.1, 0.15) is 31.4 Å². The van der Waals surface area contributed by atoms with E-state index in [-0.39, 0.29) is 18.2 Å². The lowest BCUT2D eigenvalue weighted by atomic mass is 9.86. The monoisotopic (exact) mass is 408 g/mol. The molecule has 0 spiro atoms. The number of nitrogens with one attached hydrogen (secondary N) is 1. The summed E-state index contributed by atoms with van der Waals surface area (Å²) in [5.74, 6) is -0.665. The smallest absolute Gasteiger partial charge is 0.303 e. The minimum Gasteiger partial charge on any atom is -0.481 e. The first-order chi connectivity index (χ1) is 12.6. The van der Waals surface area contributed by atoms with Crippen molar-refractivity contribution in [1.29, 1.82) is 0 Å². The minimum absolute atomic E-state index is 0.227. The van der Waals surface area contributed by atoms with Gasteiger partial charge in [0.1, 0.15) is 5.54 Å². The molecule has 1 atom stereocenters. The third kappa shape index (κ3) is 5.45. The third-order valence-electron chi connectivity index (χ3n) is 4.07. The van der Waals surface area contributed by atoms with Crippen molar-refractivity contribution in [2.75, 3.05) is 5.32 Å². The Balaban J connectivity index is 0.000000321. The second kappa shape index (κ2) is 8.74. The molecule has 144 valence electrons. The predicted octanol–water partition coefficient (Wildman–Crippen LogP) is 4.46. The Hall–Kier alpha value is -2.08. The first-order valence-corrected chi connectivity index (χ1v) is 9.24. The van der Waals surface area contributed by atoms with Crippen molar-refractivity contribution in [3.8, 4) is 0 Å². The van der Waals surface area contributed by atoms with Crippen LogP contribution in [0.4, 0.5) is 5.69 Å². The summed E-state index contributed by atoms with van der Waals surface area (Å²) in [7, 11) is 0. The topological polar surface area (TPSA) is 92.4 Å². The largest absolute Gasteiger partial charge is 0.481 e. The second-order valence-corrected chi connectivity index (χ2v) is 7.79. The minimum atomic E-state index is -1.09. The van der Waals surface area contributed by atoms with Crippen LogP contribution < -0.4 is 11.1 Å². The van der Waals surface area contributed by atoms with E-state index in [1.54, 1.807) is 24.3 Å². The average molecular weight is 409 g/mol. The number of benzene rings is 2. The Bertz CT molecular complexity index is 855. The highest BCUT2D eigenvalue weighted by Crippen LogP contribution is 2.38. The van der Waals surface area contributed by atoms with Gasteiger partial charge in [0.15, 0.2) is 0 Å². The standard InChI is InChI=1S/C15H12Cl2N2O.C5H10O2/c16-10-3-1-2-9(6-10)8-15(18)12-5-4-11(17)7-13(12)19-14(15)20;1-4(2)3-5(6)7/h1-7H,8,18H2,(H,19,20);4H,3H2,1-2H3,(H,6,7). The number of fused-ring (bicyclic) bond motifs is 1. The molecule has 1 aliphatic rings. The average Bonchev–Trinajstić information content (AvgIpc) is 2.76. The van der Waals surface area contributed by atoms with Crippen LogP contribution in [0.5, 0.6) is 0 Å². The zero-order valence-corrected chi connectivity index (χ0v) is 16.6. The van der Waals surface area contributed by atoms with Gasteiger partial charge in [-0.15, -0.1) is 0 Å². The fourth-order valence-corrected chi connectivity index (χ4v) is 3.24. The Morgan fingerprint density at radius 3 is 2.41 bits per heavy atom. The van der Waals surface area contributed by atoms with Crippen molar-refractivity contribution in [2.24, 2.45) is 11.7 Å². The van der Waals surface area contributed by atoms with Crippen molar-refractivity contribution in [3.05, 3.63) is 63.6 Å². The van der Waals surface area contributed by atoms with Gasteiger partial charge in [-0.1, -0.05) is 55.2 Å². The van der Waals surface area contributed by atoms with Crippen LogP contribution in [-0.4, -0.2) is 17.0 Å². The summed E-state index contributed by atoms with van der Waals surface area (Å²) in [6.45, 7) is 3.77. The molecule has 4 N–H and O–H groups in total. The SMILES string of the molecule is CC(C)CC(=O)O.NC1(Cc2cccc(Cl)c2)C(=O)Nc2cc(Cl)ccc21. The second-order valence-electron chi connectivity index (χ2n) is 6.91. The molecule has 0 saturated heterocycles.